The number of piperazine rings is 1. The Labute approximate surface area is 224 Å². The molecule has 5 rings (SSSR count). The third-order valence-electron chi connectivity index (χ3n) is 7.42. The van der Waals surface area contributed by atoms with E-state index in [0.29, 0.717) is 12.1 Å². The summed E-state index contributed by atoms with van der Waals surface area (Å²) in [6.07, 6.45) is 5.26. The molecule has 3 aromatic rings. The lowest BCUT2D eigenvalue weighted by Gasteiger charge is -2.37. The highest BCUT2D eigenvalue weighted by atomic mass is 16.2. The van der Waals surface area contributed by atoms with Crippen LogP contribution in [0.2, 0.25) is 0 Å². The topological polar surface area (TPSA) is 96.3 Å². The number of carbonyl (C=O) groups excluding carboxylic acids is 1. The van der Waals surface area contributed by atoms with Crippen molar-refractivity contribution in [3.63, 3.8) is 0 Å². The first-order valence-electron chi connectivity index (χ1n) is 13.5. The van der Waals surface area contributed by atoms with Crippen LogP contribution < -0.4 is 25.8 Å². The first-order chi connectivity index (χ1) is 18.7. The van der Waals surface area contributed by atoms with E-state index in [1.54, 1.807) is 12.3 Å². The van der Waals surface area contributed by atoms with E-state index in [1.807, 2.05) is 41.3 Å². The number of amides is 2. The largest absolute Gasteiger partial charge is 0.369 e. The van der Waals surface area contributed by atoms with Crippen molar-refractivity contribution in [2.45, 2.75) is 44.3 Å². The molecule has 2 aliphatic rings. The fourth-order valence-corrected chi connectivity index (χ4v) is 5.33. The van der Waals surface area contributed by atoms with Gasteiger partial charge in [-0.1, -0.05) is 30.3 Å². The number of rotatable bonds is 7. The summed E-state index contributed by atoms with van der Waals surface area (Å²) in [5.41, 5.74) is 3.76. The predicted octanol–water partition coefficient (Wildman–Crippen LogP) is 4.50. The molecule has 2 heterocycles. The lowest BCUT2D eigenvalue weighted by Crippen LogP contribution is -2.48. The van der Waals surface area contributed by atoms with Crippen molar-refractivity contribution in [1.82, 2.24) is 15.6 Å². The van der Waals surface area contributed by atoms with Crippen molar-refractivity contribution in [1.29, 1.82) is 5.26 Å². The average Bonchev–Trinajstić information content (AvgIpc) is 2.99. The van der Waals surface area contributed by atoms with Gasteiger partial charge in [-0.05, 0) is 67.6 Å². The zero-order valence-corrected chi connectivity index (χ0v) is 21.6. The molecule has 8 heteroatoms. The van der Waals surface area contributed by atoms with Gasteiger partial charge in [0.15, 0.2) is 0 Å². The quantitative estimate of drug-likeness (QED) is 0.434. The Hall–Kier alpha value is -4.09. The highest BCUT2D eigenvalue weighted by Crippen LogP contribution is 2.30. The van der Waals surface area contributed by atoms with E-state index in [2.05, 4.69) is 56.2 Å². The first-order valence-corrected chi connectivity index (χ1v) is 13.5. The minimum Gasteiger partial charge on any atom is -0.369 e. The number of nitrogens with zero attached hydrogens (tertiary/aromatic N) is 4. The number of aromatic nitrogens is 1. The molecule has 1 saturated heterocycles. The van der Waals surface area contributed by atoms with Crippen LogP contribution in [0.5, 0.6) is 0 Å². The Balaban J connectivity index is 1.27. The first kappa shape index (κ1) is 25.6. The van der Waals surface area contributed by atoms with Gasteiger partial charge in [-0.2, -0.15) is 5.26 Å². The molecule has 8 nitrogen and oxygen atoms in total. The molecule has 1 aromatic heterocycles. The molecule has 1 aliphatic carbocycles. The molecule has 2 aromatic carbocycles. The van der Waals surface area contributed by atoms with Crippen molar-refractivity contribution < 1.29 is 4.79 Å². The monoisotopic (exact) mass is 509 g/mol. The maximum absolute atomic E-state index is 13.6. The van der Waals surface area contributed by atoms with Crippen LogP contribution in [0.4, 0.5) is 22.0 Å². The van der Waals surface area contributed by atoms with Crippen molar-refractivity contribution in [2.24, 2.45) is 0 Å². The van der Waals surface area contributed by atoms with Crippen LogP contribution in [0.1, 0.15) is 36.8 Å². The Morgan fingerprint density at radius 2 is 1.74 bits per heavy atom. The molecule has 1 saturated carbocycles. The summed E-state index contributed by atoms with van der Waals surface area (Å²) >= 11 is 0. The molecule has 0 atom stereocenters. The summed E-state index contributed by atoms with van der Waals surface area (Å²) in [4.78, 5) is 22.3. The van der Waals surface area contributed by atoms with E-state index in [9.17, 15) is 4.79 Å². The molecule has 0 spiro atoms. The molecule has 3 N–H and O–H groups in total. The van der Waals surface area contributed by atoms with E-state index >= 15 is 0 Å². The molecule has 0 radical (unpaired) electrons. The second-order valence-corrected chi connectivity index (χ2v) is 9.96. The molecule has 196 valence electrons. The summed E-state index contributed by atoms with van der Waals surface area (Å²) in [6, 6.07) is 24.6. The lowest BCUT2D eigenvalue weighted by molar-refractivity contribution is 0.240. The molecule has 38 heavy (non-hydrogen) atoms. The molecule has 0 bridgehead atoms. The van der Waals surface area contributed by atoms with Crippen LogP contribution in [-0.2, 0) is 6.54 Å². The van der Waals surface area contributed by atoms with Crippen molar-refractivity contribution in [2.75, 3.05) is 41.3 Å². The highest BCUT2D eigenvalue weighted by molar-refractivity contribution is 5.92. The fraction of sp³-hybridized carbons (Fsp3) is 0.367. The van der Waals surface area contributed by atoms with Gasteiger partial charge in [0.1, 0.15) is 11.9 Å². The molecule has 2 amide bonds. The normalized spacial score (nSPS) is 19.3. The number of hydrogen-bond donors (Lipinski definition) is 3. The second kappa shape index (κ2) is 12.4. The number of hydrogen-bond acceptors (Lipinski definition) is 6. The minimum atomic E-state index is -0.0612. The van der Waals surface area contributed by atoms with Gasteiger partial charge in [-0.15, -0.1) is 0 Å². The Kier molecular flexibility index (Phi) is 8.36. The van der Waals surface area contributed by atoms with Crippen LogP contribution in [0, 0.1) is 11.3 Å². The van der Waals surface area contributed by atoms with Crippen molar-refractivity contribution in [3.05, 3.63) is 84.1 Å². The molecule has 2 fully saturated rings. The van der Waals surface area contributed by atoms with Gasteiger partial charge in [-0.3, -0.25) is 4.90 Å². The van der Waals surface area contributed by atoms with E-state index in [-0.39, 0.29) is 18.1 Å². The van der Waals surface area contributed by atoms with E-state index in [1.165, 1.54) is 5.69 Å². The van der Waals surface area contributed by atoms with Gasteiger partial charge < -0.3 is 20.9 Å². The summed E-state index contributed by atoms with van der Waals surface area (Å²) in [5, 5.41) is 19.1. The van der Waals surface area contributed by atoms with Crippen LogP contribution >= 0.6 is 0 Å². The fourth-order valence-electron chi connectivity index (χ4n) is 5.33. The maximum atomic E-state index is 13.6. The Bertz CT molecular complexity index is 1210. The van der Waals surface area contributed by atoms with Crippen LogP contribution in [0.3, 0.4) is 0 Å². The van der Waals surface area contributed by atoms with Crippen LogP contribution in [-0.4, -0.2) is 49.3 Å². The Morgan fingerprint density at radius 3 is 2.39 bits per heavy atom. The average molecular weight is 510 g/mol. The standard InChI is InChI=1S/C30H35N7O/c31-20-24-6-15-29(33-22-24)35-25-7-9-27(10-8-25)37(30(38)34-21-23-4-2-1-3-5-23)28-13-11-26(12-14-28)36-18-16-32-17-19-36/h1-6,11-15,22,25,27,32H,7-10,16-19,21H2,(H,33,35)(H,34,38). The SMILES string of the molecule is N#Cc1ccc(NC2CCC(N(C(=O)NCc3ccccc3)c3ccc(N4CCNCC4)cc3)CC2)nc1. The van der Waals surface area contributed by atoms with Gasteiger partial charge in [0.05, 0.1) is 5.56 Å². The van der Waals surface area contributed by atoms with E-state index in [0.717, 1.165) is 68.9 Å². The minimum absolute atomic E-state index is 0.0612. The molecule has 0 unspecified atom stereocenters. The summed E-state index contributed by atoms with van der Waals surface area (Å²) < 4.78 is 0. The predicted molar refractivity (Wildman–Crippen MR) is 151 cm³/mol. The zero-order chi connectivity index (χ0) is 26.2. The van der Waals surface area contributed by atoms with Gasteiger partial charge in [0.2, 0.25) is 0 Å². The number of nitrogens with one attached hydrogen (secondary N) is 3. The third kappa shape index (κ3) is 6.42. The molecular weight excluding hydrogens is 474 g/mol. The number of benzene rings is 2. The summed E-state index contributed by atoms with van der Waals surface area (Å²) in [7, 11) is 0. The number of pyridine rings is 1. The number of urea groups is 1. The van der Waals surface area contributed by atoms with Crippen molar-refractivity contribution >= 4 is 23.2 Å². The van der Waals surface area contributed by atoms with Crippen molar-refractivity contribution in [3.8, 4) is 6.07 Å². The second-order valence-electron chi connectivity index (χ2n) is 9.96. The smallest absolute Gasteiger partial charge is 0.322 e. The maximum Gasteiger partial charge on any atom is 0.322 e. The van der Waals surface area contributed by atoms with Gasteiger partial charge in [0, 0.05) is 62.4 Å². The van der Waals surface area contributed by atoms with Gasteiger partial charge in [0.25, 0.3) is 0 Å². The van der Waals surface area contributed by atoms with E-state index < -0.39 is 0 Å². The molecular formula is C30H35N7O. The highest BCUT2D eigenvalue weighted by Gasteiger charge is 2.30. The lowest BCUT2D eigenvalue weighted by atomic mass is 9.90. The zero-order valence-electron chi connectivity index (χ0n) is 21.6. The molecule has 1 aliphatic heterocycles. The third-order valence-corrected chi connectivity index (χ3v) is 7.42. The number of nitriles is 1. The number of anilines is 3. The Morgan fingerprint density at radius 1 is 1.00 bits per heavy atom. The van der Waals surface area contributed by atoms with Gasteiger partial charge >= 0.3 is 6.03 Å². The number of carbonyl (C=O) groups is 1. The van der Waals surface area contributed by atoms with Crippen LogP contribution in [0.15, 0.2) is 72.9 Å². The van der Waals surface area contributed by atoms with Crippen LogP contribution in [0.25, 0.3) is 0 Å². The summed E-state index contributed by atoms with van der Waals surface area (Å²) in [6.45, 7) is 4.46. The summed E-state index contributed by atoms with van der Waals surface area (Å²) in [5.74, 6) is 0.786. The van der Waals surface area contributed by atoms with Gasteiger partial charge in [-0.25, -0.2) is 9.78 Å². The van der Waals surface area contributed by atoms with E-state index in [4.69, 9.17) is 5.26 Å².